The molecule has 0 bridgehead atoms. The molecule has 0 amide bonds. The minimum atomic E-state index is -0.808. The van der Waals surface area contributed by atoms with Crippen molar-refractivity contribution < 1.29 is 14.0 Å². The summed E-state index contributed by atoms with van der Waals surface area (Å²) in [7, 11) is 0. The van der Waals surface area contributed by atoms with Crippen LogP contribution in [0.3, 0.4) is 0 Å². The quantitative estimate of drug-likeness (QED) is 0.552. The first-order chi connectivity index (χ1) is 12.7. The highest BCUT2D eigenvalue weighted by molar-refractivity contribution is 6.36. The van der Waals surface area contributed by atoms with Crippen molar-refractivity contribution in [3.05, 3.63) is 57.3 Å². The molecule has 0 N–H and O–H groups in total. The van der Waals surface area contributed by atoms with Gasteiger partial charge in [-0.15, -0.1) is 0 Å². The zero-order valence-electron chi connectivity index (χ0n) is 15.5. The summed E-state index contributed by atoms with van der Waals surface area (Å²) >= 11 is 12.1. The van der Waals surface area contributed by atoms with E-state index in [2.05, 4.69) is 0 Å². The van der Waals surface area contributed by atoms with E-state index in [1.54, 1.807) is 12.1 Å². The molecule has 2 aromatic carbocycles. The molecule has 0 aromatic heterocycles. The number of halogens is 3. The van der Waals surface area contributed by atoms with Crippen LogP contribution in [0.4, 0.5) is 4.39 Å². The Hall–Kier alpha value is -1.71. The Morgan fingerprint density at radius 1 is 1.15 bits per heavy atom. The molecule has 1 atom stereocenters. The summed E-state index contributed by atoms with van der Waals surface area (Å²) in [6.45, 7) is 5.72. The molecule has 2 nitrogen and oxygen atoms in total. The number of benzene rings is 2. The van der Waals surface area contributed by atoms with E-state index in [-0.39, 0.29) is 27.2 Å². The van der Waals surface area contributed by atoms with E-state index in [0.717, 1.165) is 5.56 Å². The molecule has 1 aliphatic carbocycles. The lowest BCUT2D eigenvalue weighted by molar-refractivity contribution is -0.139. The molecule has 0 saturated heterocycles. The van der Waals surface area contributed by atoms with E-state index in [4.69, 9.17) is 23.2 Å². The van der Waals surface area contributed by atoms with Gasteiger partial charge in [-0.3, -0.25) is 9.59 Å². The van der Waals surface area contributed by atoms with Crippen LogP contribution in [0.25, 0.3) is 11.1 Å². The Morgan fingerprint density at radius 3 is 2.48 bits per heavy atom. The van der Waals surface area contributed by atoms with Crippen LogP contribution in [0.2, 0.25) is 10.0 Å². The van der Waals surface area contributed by atoms with Crippen LogP contribution in [-0.2, 0) is 16.0 Å². The van der Waals surface area contributed by atoms with Crippen molar-refractivity contribution in [2.75, 3.05) is 0 Å². The minimum Gasteiger partial charge on any atom is -0.299 e. The van der Waals surface area contributed by atoms with Crippen LogP contribution in [0, 0.1) is 11.2 Å². The molecule has 1 unspecified atom stereocenters. The fourth-order valence-corrected chi connectivity index (χ4v) is 4.29. The molecule has 0 spiro atoms. The fraction of sp³-hybridized carbons (Fsp3) is 0.364. The monoisotopic (exact) mass is 406 g/mol. The number of carbonyl (C=O) groups is 2. The molecule has 5 heteroatoms. The SMILES string of the molecule is CCc1ccc(-c2c(F)cc(Cl)cc2Cl)cc1C1C(=O)CCC(C)(C)C1=O. The number of Topliss-reactive ketones (excluding diaryl/α,β-unsaturated/α-hetero) is 2. The Bertz CT molecular complexity index is 911. The van der Waals surface area contributed by atoms with Gasteiger partial charge in [0.25, 0.3) is 0 Å². The van der Waals surface area contributed by atoms with Crippen LogP contribution in [0.5, 0.6) is 0 Å². The van der Waals surface area contributed by atoms with Gasteiger partial charge < -0.3 is 0 Å². The molecule has 1 saturated carbocycles. The molecular weight excluding hydrogens is 386 g/mol. The normalized spacial score (nSPS) is 19.4. The van der Waals surface area contributed by atoms with Gasteiger partial charge in [-0.1, -0.05) is 56.1 Å². The van der Waals surface area contributed by atoms with Gasteiger partial charge in [-0.2, -0.15) is 0 Å². The summed E-state index contributed by atoms with van der Waals surface area (Å²) in [5.41, 5.74) is 1.77. The second-order valence-corrected chi connectivity index (χ2v) is 8.50. The molecule has 0 heterocycles. The molecule has 142 valence electrons. The maximum Gasteiger partial charge on any atom is 0.153 e. The molecule has 1 aliphatic rings. The molecule has 0 aliphatic heterocycles. The summed E-state index contributed by atoms with van der Waals surface area (Å²) in [6.07, 6.45) is 1.59. The Labute approximate surface area is 168 Å². The maximum absolute atomic E-state index is 14.5. The number of aryl methyl sites for hydroxylation is 1. The van der Waals surface area contributed by atoms with Crippen molar-refractivity contribution in [1.29, 1.82) is 0 Å². The van der Waals surface area contributed by atoms with Crippen molar-refractivity contribution in [3.8, 4) is 11.1 Å². The van der Waals surface area contributed by atoms with E-state index >= 15 is 0 Å². The van der Waals surface area contributed by atoms with Gasteiger partial charge in [0.05, 0.1) is 5.02 Å². The lowest BCUT2D eigenvalue weighted by Crippen LogP contribution is -2.39. The average Bonchev–Trinajstić information content (AvgIpc) is 2.58. The smallest absolute Gasteiger partial charge is 0.153 e. The number of ketones is 2. The largest absolute Gasteiger partial charge is 0.299 e. The standard InChI is InChI=1S/C22H21Cl2FO2/c1-4-12-5-6-13(19-16(24)10-14(23)11-17(19)25)9-15(12)20-18(26)7-8-22(2,3)21(20)27/h5-6,9-11,20H,4,7-8H2,1-3H3. The van der Waals surface area contributed by atoms with E-state index in [1.807, 2.05) is 26.8 Å². The first kappa shape index (κ1) is 20.0. The highest BCUT2D eigenvalue weighted by Crippen LogP contribution is 2.41. The molecule has 0 radical (unpaired) electrons. The average molecular weight is 407 g/mol. The second-order valence-electron chi connectivity index (χ2n) is 7.66. The Morgan fingerprint density at radius 2 is 1.85 bits per heavy atom. The third-order valence-electron chi connectivity index (χ3n) is 5.38. The summed E-state index contributed by atoms with van der Waals surface area (Å²) < 4.78 is 14.5. The molecule has 1 fully saturated rings. The van der Waals surface area contributed by atoms with Crippen molar-refractivity contribution in [2.24, 2.45) is 5.41 Å². The number of rotatable bonds is 3. The van der Waals surface area contributed by atoms with Gasteiger partial charge in [-0.25, -0.2) is 4.39 Å². The highest BCUT2D eigenvalue weighted by atomic mass is 35.5. The first-order valence-electron chi connectivity index (χ1n) is 9.00. The van der Waals surface area contributed by atoms with E-state index in [1.165, 1.54) is 12.1 Å². The molecule has 2 aromatic rings. The van der Waals surface area contributed by atoms with E-state index < -0.39 is 17.2 Å². The van der Waals surface area contributed by atoms with Crippen LogP contribution in [0.15, 0.2) is 30.3 Å². The summed E-state index contributed by atoms with van der Waals surface area (Å²) in [5, 5.41) is 0.405. The first-order valence-corrected chi connectivity index (χ1v) is 9.76. The van der Waals surface area contributed by atoms with Crippen molar-refractivity contribution in [2.45, 2.75) is 46.0 Å². The van der Waals surface area contributed by atoms with Gasteiger partial charge in [0.2, 0.25) is 0 Å². The van der Waals surface area contributed by atoms with Gasteiger partial charge >= 0.3 is 0 Å². The zero-order valence-corrected chi connectivity index (χ0v) is 17.0. The fourth-order valence-electron chi connectivity index (χ4n) is 3.71. The van der Waals surface area contributed by atoms with Crippen LogP contribution in [0.1, 0.15) is 50.7 Å². The number of hydrogen-bond donors (Lipinski definition) is 0. The minimum absolute atomic E-state index is 0.0751. The summed E-state index contributed by atoms with van der Waals surface area (Å²) in [4.78, 5) is 25.7. The van der Waals surface area contributed by atoms with Crippen molar-refractivity contribution >= 4 is 34.8 Å². The van der Waals surface area contributed by atoms with Gasteiger partial charge in [0, 0.05) is 22.4 Å². The van der Waals surface area contributed by atoms with Crippen molar-refractivity contribution in [3.63, 3.8) is 0 Å². The molecule has 27 heavy (non-hydrogen) atoms. The second kappa shape index (κ2) is 7.37. The third kappa shape index (κ3) is 3.68. The topological polar surface area (TPSA) is 34.1 Å². The molecule has 3 rings (SSSR count). The Balaban J connectivity index is 2.18. The third-order valence-corrected chi connectivity index (χ3v) is 5.90. The van der Waals surface area contributed by atoms with E-state index in [9.17, 15) is 14.0 Å². The number of carbonyl (C=O) groups excluding carboxylic acids is 2. The van der Waals surface area contributed by atoms with Crippen molar-refractivity contribution in [1.82, 2.24) is 0 Å². The van der Waals surface area contributed by atoms with Gasteiger partial charge in [-0.05, 0) is 47.7 Å². The highest BCUT2D eigenvalue weighted by Gasteiger charge is 2.43. The lowest BCUT2D eigenvalue weighted by atomic mass is 9.67. The molecular formula is C22H21Cl2FO2. The van der Waals surface area contributed by atoms with Crippen LogP contribution < -0.4 is 0 Å². The summed E-state index contributed by atoms with van der Waals surface area (Å²) in [5.74, 6) is -1.50. The zero-order chi connectivity index (χ0) is 19.9. The van der Waals surface area contributed by atoms with Gasteiger partial charge in [0.1, 0.15) is 17.5 Å². The predicted octanol–water partition coefficient (Wildman–Crippen LogP) is 6.40. The predicted molar refractivity (Wildman–Crippen MR) is 107 cm³/mol. The lowest BCUT2D eigenvalue weighted by Gasteiger charge is -2.33. The number of hydrogen-bond acceptors (Lipinski definition) is 2. The van der Waals surface area contributed by atoms with Crippen LogP contribution >= 0.6 is 23.2 Å². The maximum atomic E-state index is 14.5. The van der Waals surface area contributed by atoms with Crippen LogP contribution in [-0.4, -0.2) is 11.6 Å². The van der Waals surface area contributed by atoms with Gasteiger partial charge in [0.15, 0.2) is 5.78 Å². The summed E-state index contributed by atoms with van der Waals surface area (Å²) in [6, 6.07) is 8.03. The Kier molecular flexibility index (Phi) is 5.47. The van der Waals surface area contributed by atoms with E-state index in [0.29, 0.717) is 30.4 Å².